The second-order valence-electron chi connectivity index (χ2n) is 3.81. The lowest BCUT2D eigenvalue weighted by Crippen LogP contribution is -2.34. The molecule has 0 aliphatic carbocycles. The lowest BCUT2D eigenvalue weighted by Gasteiger charge is -2.16. The third-order valence-corrected chi connectivity index (χ3v) is 4.73. The molecule has 0 radical (unpaired) electrons. The average Bonchev–Trinajstić information content (AvgIpc) is 2.73. The van der Waals surface area contributed by atoms with Gasteiger partial charge in [0, 0.05) is 20.8 Å². The van der Waals surface area contributed by atoms with Gasteiger partial charge in [0.25, 0.3) is 11.1 Å². The van der Waals surface area contributed by atoms with Gasteiger partial charge in [-0.2, -0.15) is 0 Å². The second-order valence-corrected chi connectivity index (χ2v) is 6.66. The predicted octanol–water partition coefficient (Wildman–Crippen LogP) is 3.96. The van der Waals surface area contributed by atoms with Gasteiger partial charge in [-0.05, 0) is 53.7 Å². The van der Waals surface area contributed by atoms with Gasteiger partial charge >= 0.3 is 0 Å². The van der Waals surface area contributed by atoms with Crippen molar-refractivity contribution in [3.05, 3.63) is 25.7 Å². The van der Waals surface area contributed by atoms with Crippen LogP contribution in [0.4, 0.5) is 4.79 Å². The first-order valence-corrected chi connectivity index (χ1v) is 7.49. The summed E-state index contributed by atoms with van der Waals surface area (Å²) in [6.45, 7) is 3.67. The first-order valence-electron chi connectivity index (χ1n) is 5.00. The van der Waals surface area contributed by atoms with Gasteiger partial charge in [0.2, 0.25) is 0 Å². The van der Waals surface area contributed by atoms with E-state index in [4.69, 9.17) is 0 Å². The fourth-order valence-electron chi connectivity index (χ4n) is 1.46. The Morgan fingerprint density at radius 2 is 2.12 bits per heavy atom. The molecular weight excluding hydrogens is 322 g/mol. The normalized spacial score (nSPS) is 18.8. The van der Waals surface area contributed by atoms with Crippen molar-refractivity contribution in [1.82, 2.24) is 4.90 Å². The quantitative estimate of drug-likeness (QED) is 0.770. The SMILES string of the molecule is CC(C)N1C(=O)S/C(=C\c2cc(Br)cs2)C1=O. The van der Waals surface area contributed by atoms with Crippen molar-refractivity contribution in [3.8, 4) is 0 Å². The van der Waals surface area contributed by atoms with Crippen molar-refractivity contribution in [1.29, 1.82) is 0 Å². The van der Waals surface area contributed by atoms with E-state index in [0.29, 0.717) is 4.91 Å². The molecule has 0 N–H and O–H groups in total. The average molecular weight is 332 g/mol. The highest BCUT2D eigenvalue weighted by Gasteiger charge is 2.36. The Morgan fingerprint density at radius 3 is 2.59 bits per heavy atom. The van der Waals surface area contributed by atoms with Gasteiger partial charge in [-0.3, -0.25) is 14.5 Å². The minimum Gasteiger partial charge on any atom is -0.268 e. The molecule has 0 saturated carbocycles. The van der Waals surface area contributed by atoms with E-state index in [2.05, 4.69) is 15.9 Å². The van der Waals surface area contributed by atoms with E-state index in [0.717, 1.165) is 21.1 Å². The summed E-state index contributed by atoms with van der Waals surface area (Å²) in [5, 5.41) is 1.75. The number of hydrogen-bond acceptors (Lipinski definition) is 4. The Hall–Kier alpha value is -0.590. The van der Waals surface area contributed by atoms with Crippen LogP contribution in [0.25, 0.3) is 6.08 Å². The zero-order valence-electron chi connectivity index (χ0n) is 9.27. The number of amides is 2. The monoisotopic (exact) mass is 331 g/mol. The number of thiophene rings is 1. The fourth-order valence-corrected chi connectivity index (χ4v) is 3.86. The van der Waals surface area contributed by atoms with Crippen molar-refractivity contribution in [2.24, 2.45) is 0 Å². The number of carbonyl (C=O) groups is 2. The molecule has 3 nitrogen and oxygen atoms in total. The third kappa shape index (κ3) is 2.64. The van der Waals surface area contributed by atoms with Gasteiger partial charge in [-0.1, -0.05) is 0 Å². The number of thioether (sulfide) groups is 1. The number of nitrogens with zero attached hydrogens (tertiary/aromatic N) is 1. The van der Waals surface area contributed by atoms with Gasteiger partial charge in [0.1, 0.15) is 0 Å². The summed E-state index contributed by atoms with van der Waals surface area (Å²) in [5.74, 6) is -0.195. The largest absolute Gasteiger partial charge is 0.293 e. The van der Waals surface area contributed by atoms with Crippen molar-refractivity contribution in [3.63, 3.8) is 0 Å². The van der Waals surface area contributed by atoms with Crippen LogP contribution >= 0.6 is 39.0 Å². The third-order valence-electron chi connectivity index (χ3n) is 2.20. The molecular formula is C11H10BrNO2S2. The predicted molar refractivity (Wildman–Crippen MR) is 75.0 cm³/mol. The van der Waals surface area contributed by atoms with Crippen molar-refractivity contribution >= 4 is 56.3 Å². The molecule has 90 valence electrons. The van der Waals surface area contributed by atoms with E-state index in [1.165, 1.54) is 16.2 Å². The van der Waals surface area contributed by atoms with Crippen LogP contribution in [0.3, 0.4) is 0 Å². The van der Waals surface area contributed by atoms with Crippen LogP contribution in [0.2, 0.25) is 0 Å². The van der Waals surface area contributed by atoms with E-state index in [1.807, 2.05) is 25.3 Å². The summed E-state index contributed by atoms with van der Waals surface area (Å²) in [7, 11) is 0. The van der Waals surface area contributed by atoms with Crippen molar-refractivity contribution in [2.75, 3.05) is 0 Å². The molecule has 1 aliphatic rings. The summed E-state index contributed by atoms with van der Waals surface area (Å²) in [5.41, 5.74) is 0. The lowest BCUT2D eigenvalue weighted by molar-refractivity contribution is -0.123. The topological polar surface area (TPSA) is 37.4 Å². The molecule has 0 atom stereocenters. The molecule has 1 aromatic heterocycles. The maximum absolute atomic E-state index is 12.0. The van der Waals surface area contributed by atoms with Gasteiger partial charge in [-0.15, -0.1) is 11.3 Å². The van der Waals surface area contributed by atoms with Gasteiger partial charge in [-0.25, -0.2) is 0 Å². The summed E-state index contributed by atoms with van der Waals surface area (Å²) in [6, 6.07) is 1.83. The number of hydrogen-bond donors (Lipinski definition) is 0. The molecule has 17 heavy (non-hydrogen) atoms. The van der Waals surface area contributed by atoms with Crippen LogP contribution in [0.1, 0.15) is 18.7 Å². The van der Waals surface area contributed by atoms with E-state index >= 15 is 0 Å². The highest BCUT2D eigenvalue weighted by atomic mass is 79.9. The Morgan fingerprint density at radius 1 is 1.41 bits per heavy atom. The van der Waals surface area contributed by atoms with Crippen LogP contribution in [-0.4, -0.2) is 22.1 Å². The first kappa shape index (κ1) is 12.9. The molecule has 2 heterocycles. The molecule has 0 bridgehead atoms. The number of halogens is 1. The van der Waals surface area contributed by atoms with Crippen LogP contribution in [0.15, 0.2) is 20.8 Å². The van der Waals surface area contributed by atoms with Gasteiger partial charge < -0.3 is 0 Å². The Labute approximate surface area is 116 Å². The minimum atomic E-state index is -0.195. The Bertz CT molecular complexity index is 507. The van der Waals surface area contributed by atoms with Crippen LogP contribution in [-0.2, 0) is 4.79 Å². The molecule has 2 rings (SSSR count). The highest BCUT2D eigenvalue weighted by Crippen LogP contribution is 2.34. The standard InChI is InChI=1S/C11H10BrNO2S2/c1-6(2)13-10(14)9(17-11(13)15)4-8-3-7(12)5-16-8/h3-6H,1-2H3/b9-4-. The summed E-state index contributed by atoms with van der Waals surface area (Å²) in [4.78, 5) is 26.4. The summed E-state index contributed by atoms with van der Waals surface area (Å²) < 4.78 is 0.983. The summed E-state index contributed by atoms with van der Waals surface area (Å²) in [6.07, 6.45) is 1.77. The Kier molecular flexibility index (Phi) is 3.75. The molecule has 1 aromatic rings. The van der Waals surface area contributed by atoms with E-state index in [9.17, 15) is 9.59 Å². The van der Waals surface area contributed by atoms with Crippen molar-refractivity contribution in [2.45, 2.75) is 19.9 Å². The van der Waals surface area contributed by atoms with E-state index in [1.54, 1.807) is 6.08 Å². The van der Waals surface area contributed by atoms with E-state index < -0.39 is 0 Å². The number of imide groups is 1. The molecule has 2 amide bonds. The first-order chi connectivity index (χ1) is 7.99. The van der Waals surface area contributed by atoms with Crippen LogP contribution in [0.5, 0.6) is 0 Å². The molecule has 1 fully saturated rings. The Balaban J connectivity index is 2.28. The van der Waals surface area contributed by atoms with Crippen molar-refractivity contribution < 1.29 is 9.59 Å². The second kappa shape index (κ2) is 4.96. The highest BCUT2D eigenvalue weighted by molar-refractivity contribution is 9.10. The zero-order chi connectivity index (χ0) is 12.6. The van der Waals surface area contributed by atoms with Crippen LogP contribution in [0, 0.1) is 0 Å². The maximum Gasteiger partial charge on any atom is 0.293 e. The fraction of sp³-hybridized carbons (Fsp3) is 0.273. The van der Waals surface area contributed by atoms with Crippen LogP contribution < -0.4 is 0 Å². The smallest absolute Gasteiger partial charge is 0.268 e. The lowest BCUT2D eigenvalue weighted by atomic mass is 10.3. The molecule has 0 aromatic carbocycles. The maximum atomic E-state index is 12.0. The summed E-state index contributed by atoms with van der Waals surface area (Å²) >= 11 is 5.89. The number of carbonyl (C=O) groups excluding carboxylic acids is 2. The molecule has 0 spiro atoms. The molecule has 6 heteroatoms. The molecule has 1 aliphatic heterocycles. The minimum absolute atomic E-state index is 0.0940. The number of rotatable bonds is 2. The van der Waals surface area contributed by atoms with E-state index in [-0.39, 0.29) is 17.2 Å². The molecule has 0 unspecified atom stereocenters. The molecule has 1 saturated heterocycles. The van der Waals surface area contributed by atoms with Gasteiger partial charge in [0.15, 0.2) is 0 Å². The van der Waals surface area contributed by atoms with Gasteiger partial charge in [0.05, 0.1) is 4.91 Å². The zero-order valence-corrected chi connectivity index (χ0v) is 12.5.